The monoisotopic (exact) mass is 406 g/mol. The molecule has 4 rings (SSSR count). The second-order valence-corrected chi connectivity index (χ2v) is 11.6. The Morgan fingerprint density at radius 1 is 1.03 bits per heavy atom. The van der Waals surface area contributed by atoms with E-state index in [9.17, 15) is 20.4 Å². The van der Waals surface area contributed by atoms with Gasteiger partial charge in [0.05, 0.1) is 24.1 Å². The Bertz CT molecular complexity index is 634. The summed E-state index contributed by atoms with van der Waals surface area (Å²) in [4.78, 5) is 0. The third-order valence-corrected chi connectivity index (χ3v) is 10.4. The molecule has 4 nitrogen and oxygen atoms in total. The molecule has 11 atom stereocenters. The molecule has 7 unspecified atom stereocenters. The zero-order valence-electron chi connectivity index (χ0n) is 18.6. The third-order valence-electron chi connectivity index (χ3n) is 10.4. The standard InChI is InChI=1S/C25H42O4/c1-14(5-6-15(2)26)18-7-8-19-23-20(13-22(29)25(18,19)4)24(3)10-9-17(27)11-16(24)12-21(23)28/h14,16-23,26-29H,2,5-13H2,1,3-4H3/t14-,16?,17-,18?,19?,20?,21-,22+,23?,24?,25?/m1/s1. The Labute approximate surface area is 176 Å². The van der Waals surface area contributed by atoms with Crippen molar-refractivity contribution in [3.8, 4) is 0 Å². The summed E-state index contributed by atoms with van der Waals surface area (Å²) in [6.07, 6.45) is 7.12. The van der Waals surface area contributed by atoms with Crippen molar-refractivity contribution < 1.29 is 20.4 Å². The molecule has 0 bridgehead atoms. The molecule has 4 aliphatic carbocycles. The lowest BCUT2D eigenvalue weighted by Gasteiger charge is -2.63. The van der Waals surface area contributed by atoms with Crippen LogP contribution in [0.4, 0.5) is 0 Å². The van der Waals surface area contributed by atoms with Crippen molar-refractivity contribution in [3.05, 3.63) is 12.3 Å². The van der Waals surface area contributed by atoms with E-state index in [0.29, 0.717) is 36.0 Å². The molecule has 29 heavy (non-hydrogen) atoms. The molecule has 0 aliphatic heterocycles. The molecule has 0 heterocycles. The number of hydrogen-bond donors (Lipinski definition) is 4. The minimum absolute atomic E-state index is 0.129. The van der Waals surface area contributed by atoms with E-state index in [2.05, 4.69) is 27.4 Å². The molecule has 0 amide bonds. The van der Waals surface area contributed by atoms with Crippen molar-refractivity contribution >= 4 is 0 Å². The van der Waals surface area contributed by atoms with E-state index >= 15 is 0 Å². The second kappa shape index (κ2) is 7.53. The molecular weight excluding hydrogens is 364 g/mol. The van der Waals surface area contributed by atoms with Gasteiger partial charge in [-0.1, -0.05) is 27.4 Å². The molecule has 4 aliphatic rings. The Morgan fingerprint density at radius 2 is 1.76 bits per heavy atom. The summed E-state index contributed by atoms with van der Waals surface area (Å²) in [5.41, 5.74) is -0.0283. The van der Waals surface area contributed by atoms with Crippen LogP contribution in [-0.4, -0.2) is 38.7 Å². The van der Waals surface area contributed by atoms with Crippen molar-refractivity contribution in [2.24, 2.45) is 46.3 Å². The normalized spacial score (nSPS) is 52.9. The molecule has 166 valence electrons. The van der Waals surface area contributed by atoms with Gasteiger partial charge in [-0.3, -0.25) is 0 Å². The Hall–Kier alpha value is -0.580. The van der Waals surface area contributed by atoms with E-state index in [4.69, 9.17) is 0 Å². The summed E-state index contributed by atoms with van der Waals surface area (Å²) in [5, 5.41) is 42.6. The van der Waals surface area contributed by atoms with Crippen molar-refractivity contribution in [2.75, 3.05) is 0 Å². The summed E-state index contributed by atoms with van der Waals surface area (Å²) in [5.74, 6) is 2.45. The largest absolute Gasteiger partial charge is 0.513 e. The molecule has 0 aromatic rings. The summed E-state index contributed by atoms with van der Waals surface area (Å²) < 4.78 is 0. The van der Waals surface area contributed by atoms with Crippen LogP contribution in [0.15, 0.2) is 12.3 Å². The first kappa shape index (κ1) is 21.6. The third kappa shape index (κ3) is 3.29. The van der Waals surface area contributed by atoms with Gasteiger partial charge in [-0.15, -0.1) is 0 Å². The molecule has 4 heteroatoms. The van der Waals surface area contributed by atoms with Gasteiger partial charge >= 0.3 is 0 Å². The van der Waals surface area contributed by atoms with Crippen molar-refractivity contribution in [1.29, 1.82) is 0 Å². The number of rotatable bonds is 4. The number of aliphatic hydroxyl groups is 4. The van der Waals surface area contributed by atoms with Crippen molar-refractivity contribution in [1.82, 2.24) is 0 Å². The Kier molecular flexibility index (Phi) is 5.62. The highest BCUT2D eigenvalue weighted by Gasteiger charge is 2.65. The van der Waals surface area contributed by atoms with Crippen molar-refractivity contribution in [2.45, 2.75) is 96.9 Å². The molecule has 0 radical (unpaired) electrons. The predicted molar refractivity (Wildman–Crippen MR) is 114 cm³/mol. The maximum absolute atomic E-state index is 11.5. The number of hydrogen-bond acceptors (Lipinski definition) is 4. The average Bonchev–Trinajstić information content (AvgIpc) is 3.01. The van der Waals surface area contributed by atoms with Crippen LogP contribution >= 0.6 is 0 Å². The van der Waals surface area contributed by atoms with Crippen molar-refractivity contribution in [3.63, 3.8) is 0 Å². The van der Waals surface area contributed by atoms with Crippen LogP contribution < -0.4 is 0 Å². The average molecular weight is 407 g/mol. The zero-order valence-corrected chi connectivity index (χ0v) is 18.6. The highest BCUT2D eigenvalue weighted by atomic mass is 16.3. The van der Waals surface area contributed by atoms with Crippen LogP contribution in [0.5, 0.6) is 0 Å². The lowest BCUT2D eigenvalue weighted by Crippen LogP contribution is -2.62. The summed E-state index contributed by atoms with van der Waals surface area (Å²) >= 11 is 0. The zero-order chi connectivity index (χ0) is 21.1. The van der Waals surface area contributed by atoms with E-state index in [0.717, 1.165) is 51.4 Å². The van der Waals surface area contributed by atoms with E-state index in [-0.39, 0.29) is 40.8 Å². The molecule has 0 spiro atoms. The first-order chi connectivity index (χ1) is 13.6. The van der Waals surface area contributed by atoms with Crippen LogP contribution in [-0.2, 0) is 0 Å². The fourth-order valence-corrected chi connectivity index (χ4v) is 8.73. The minimum atomic E-state index is -0.337. The summed E-state index contributed by atoms with van der Waals surface area (Å²) in [6, 6.07) is 0. The summed E-state index contributed by atoms with van der Waals surface area (Å²) in [7, 11) is 0. The Morgan fingerprint density at radius 3 is 2.45 bits per heavy atom. The van der Waals surface area contributed by atoms with Gasteiger partial charge in [-0.2, -0.15) is 0 Å². The van der Waals surface area contributed by atoms with Crippen LogP contribution in [0.3, 0.4) is 0 Å². The van der Waals surface area contributed by atoms with Crippen LogP contribution in [0, 0.1) is 46.3 Å². The van der Waals surface area contributed by atoms with Gasteiger partial charge < -0.3 is 20.4 Å². The van der Waals surface area contributed by atoms with Gasteiger partial charge in [-0.05, 0) is 97.7 Å². The summed E-state index contributed by atoms with van der Waals surface area (Å²) in [6.45, 7) is 10.6. The lowest BCUT2D eigenvalue weighted by molar-refractivity contribution is -0.207. The maximum atomic E-state index is 11.5. The topological polar surface area (TPSA) is 80.9 Å². The van der Waals surface area contributed by atoms with Gasteiger partial charge in [0.1, 0.15) is 0 Å². The van der Waals surface area contributed by atoms with Crippen LogP contribution in [0.25, 0.3) is 0 Å². The SMILES string of the molecule is C=C(O)CC[C@@H](C)C1CCC2C3C(C[C@H](O)C21C)C1(C)CC[C@@H](O)CC1C[C@H]3O. The molecule has 0 aromatic heterocycles. The molecule has 4 fully saturated rings. The highest BCUT2D eigenvalue weighted by Crippen LogP contribution is 2.68. The fourth-order valence-electron chi connectivity index (χ4n) is 8.73. The maximum Gasteiger partial charge on any atom is 0.0851 e. The van der Waals surface area contributed by atoms with E-state index < -0.39 is 0 Å². The first-order valence-electron chi connectivity index (χ1n) is 12.0. The highest BCUT2D eigenvalue weighted by molar-refractivity contribution is 5.14. The van der Waals surface area contributed by atoms with E-state index in [1.165, 1.54) is 0 Å². The lowest BCUT2D eigenvalue weighted by atomic mass is 9.43. The number of fused-ring (bicyclic) bond motifs is 5. The Balaban J connectivity index is 1.61. The number of allylic oxidation sites excluding steroid dienone is 1. The predicted octanol–water partition coefficient (Wildman–Crippen LogP) is 4.44. The van der Waals surface area contributed by atoms with Gasteiger partial charge in [0.25, 0.3) is 0 Å². The molecule has 0 saturated heterocycles. The van der Waals surface area contributed by atoms with E-state index in [1.807, 2.05) is 0 Å². The van der Waals surface area contributed by atoms with Gasteiger partial charge in [0, 0.05) is 6.42 Å². The fraction of sp³-hybridized carbons (Fsp3) is 0.920. The molecular formula is C25H42O4. The first-order valence-corrected chi connectivity index (χ1v) is 12.0. The van der Waals surface area contributed by atoms with Crippen LogP contribution in [0.2, 0.25) is 0 Å². The number of aliphatic hydroxyl groups excluding tert-OH is 4. The minimum Gasteiger partial charge on any atom is -0.513 e. The van der Waals surface area contributed by atoms with Gasteiger partial charge in [-0.25, -0.2) is 0 Å². The molecule has 4 N–H and O–H groups in total. The second-order valence-electron chi connectivity index (χ2n) is 11.6. The smallest absolute Gasteiger partial charge is 0.0851 e. The van der Waals surface area contributed by atoms with E-state index in [1.54, 1.807) is 0 Å². The quantitative estimate of drug-likeness (QED) is 0.521. The van der Waals surface area contributed by atoms with Crippen LogP contribution in [0.1, 0.15) is 78.6 Å². The molecule has 4 saturated carbocycles. The van der Waals surface area contributed by atoms with Gasteiger partial charge in [0.15, 0.2) is 0 Å². The molecule has 0 aromatic carbocycles. The van der Waals surface area contributed by atoms with Gasteiger partial charge in [0.2, 0.25) is 0 Å².